The molecule has 0 radical (unpaired) electrons. The Morgan fingerprint density at radius 1 is 1.33 bits per heavy atom. The number of ether oxygens (including phenoxy) is 1. The Morgan fingerprint density at radius 3 is 2.76 bits per heavy atom. The molecule has 0 aromatic heterocycles. The molecular weight excluding hydrogens is 339 g/mol. The van der Waals surface area contributed by atoms with E-state index in [1.165, 1.54) is 18.2 Å². The van der Waals surface area contributed by atoms with Crippen molar-refractivity contribution in [3.05, 3.63) is 52.3 Å². The van der Waals surface area contributed by atoms with Crippen LogP contribution in [0.5, 0.6) is 5.75 Å². The maximum atomic E-state index is 13.6. The minimum absolute atomic E-state index is 0.0989. The van der Waals surface area contributed by atoms with Crippen LogP contribution in [0.2, 0.25) is 0 Å². The van der Waals surface area contributed by atoms with Crippen LogP contribution in [-0.2, 0) is 0 Å². The highest BCUT2D eigenvalue weighted by Gasteiger charge is 2.11. The first-order chi connectivity index (χ1) is 10.0. The fourth-order valence-electron chi connectivity index (χ4n) is 1.76. The lowest BCUT2D eigenvalue weighted by atomic mass is 10.1. The fraction of sp³-hybridized carbons (Fsp3) is 0.133. The van der Waals surface area contributed by atoms with Gasteiger partial charge in [-0.15, -0.1) is 0 Å². The molecule has 2 rings (SSSR count). The second kappa shape index (κ2) is 6.58. The summed E-state index contributed by atoms with van der Waals surface area (Å²) in [6, 6.07) is 9.01. The first-order valence-electron chi connectivity index (χ1n) is 6.30. The highest BCUT2D eigenvalue weighted by Crippen LogP contribution is 2.24. The number of carbonyl (C=O) groups excluding carboxylic acids is 1. The number of nitrogens with one attached hydrogen (secondary N) is 1. The van der Waals surface area contributed by atoms with Gasteiger partial charge >= 0.3 is 0 Å². The quantitative estimate of drug-likeness (QED) is 0.822. The van der Waals surface area contributed by atoms with Crippen LogP contribution in [0.15, 0.2) is 40.9 Å². The Morgan fingerprint density at radius 2 is 2.10 bits per heavy atom. The van der Waals surface area contributed by atoms with Crippen molar-refractivity contribution in [3.63, 3.8) is 0 Å². The van der Waals surface area contributed by atoms with Crippen molar-refractivity contribution in [2.75, 3.05) is 17.7 Å². The summed E-state index contributed by atoms with van der Waals surface area (Å²) in [5, 5.41) is 2.51. The van der Waals surface area contributed by atoms with Crippen LogP contribution < -0.4 is 15.8 Å². The van der Waals surface area contributed by atoms with Gasteiger partial charge in [-0.1, -0.05) is 15.9 Å². The van der Waals surface area contributed by atoms with Crippen molar-refractivity contribution < 1.29 is 13.9 Å². The molecule has 2 aromatic carbocycles. The van der Waals surface area contributed by atoms with Gasteiger partial charge in [0.05, 0.1) is 18.0 Å². The Labute approximate surface area is 130 Å². The van der Waals surface area contributed by atoms with Gasteiger partial charge in [0, 0.05) is 10.0 Å². The molecular formula is C15H14BrFN2O2. The molecule has 0 saturated heterocycles. The first-order valence-corrected chi connectivity index (χ1v) is 7.09. The van der Waals surface area contributed by atoms with Gasteiger partial charge in [0.2, 0.25) is 0 Å². The number of hydrogen-bond acceptors (Lipinski definition) is 3. The van der Waals surface area contributed by atoms with E-state index in [2.05, 4.69) is 21.2 Å². The van der Waals surface area contributed by atoms with E-state index in [4.69, 9.17) is 10.5 Å². The lowest BCUT2D eigenvalue weighted by Gasteiger charge is -2.10. The van der Waals surface area contributed by atoms with Crippen LogP contribution in [0.3, 0.4) is 0 Å². The maximum Gasteiger partial charge on any atom is 0.255 e. The lowest BCUT2D eigenvalue weighted by molar-refractivity contribution is 0.102. The van der Waals surface area contributed by atoms with E-state index in [0.29, 0.717) is 28.1 Å². The largest absolute Gasteiger partial charge is 0.492 e. The van der Waals surface area contributed by atoms with Gasteiger partial charge in [-0.3, -0.25) is 4.79 Å². The summed E-state index contributed by atoms with van der Waals surface area (Å²) < 4.78 is 19.6. The van der Waals surface area contributed by atoms with Crippen LogP contribution >= 0.6 is 15.9 Å². The van der Waals surface area contributed by atoms with E-state index in [1.807, 2.05) is 6.92 Å². The number of amides is 1. The SMILES string of the molecule is CCOc1ccc(C(=O)Nc2cc(Br)ccc2F)cc1N. The molecule has 0 heterocycles. The van der Waals surface area contributed by atoms with Gasteiger partial charge in [0.1, 0.15) is 11.6 Å². The molecule has 0 unspecified atom stereocenters. The normalized spacial score (nSPS) is 10.2. The van der Waals surface area contributed by atoms with Crippen molar-refractivity contribution in [3.8, 4) is 5.75 Å². The summed E-state index contributed by atoms with van der Waals surface area (Å²) in [5.41, 5.74) is 6.59. The van der Waals surface area contributed by atoms with E-state index in [9.17, 15) is 9.18 Å². The van der Waals surface area contributed by atoms with Crippen molar-refractivity contribution in [1.29, 1.82) is 0 Å². The summed E-state index contributed by atoms with van der Waals surface area (Å²) in [7, 11) is 0. The first kappa shape index (κ1) is 15.3. The van der Waals surface area contributed by atoms with Crippen molar-refractivity contribution >= 4 is 33.2 Å². The van der Waals surface area contributed by atoms with Gasteiger partial charge in [-0.2, -0.15) is 0 Å². The van der Waals surface area contributed by atoms with Crippen LogP contribution in [0.1, 0.15) is 17.3 Å². The Balaban J connectivity index is 2.20. The predicted octanol–water partition coefficient (Wildman–Crippen LogP) is 3.82. The molecule has 3 N–H and O–H groups in total. The zero-order chi connectivity index (χ0) is 15.4. The molecule has 1 amide bonds. The predicted molar refractivity (Wildman–Crippen MR) is 84.1 cm³/mol. The Hall–Kier alpha value is -2.08. The van der Waals surface area contributed by atoms with Gasteiger partial charge in [0.25, 0.3) is 5.91 Å². The molecule has 4 nitrogen and oxygen atoms in total. The lowest BCUT2D eigenvalue weighted by Crippen LogP contribution is -2.13. The van der Waals surface area contributed by atoms with E-state index < -0.39 is 11.7 Å². The number of nitrogen functional groups attached to an aromatic ring is 1. The van der Waals surface area contributed by atoms with Crippen LogP contribution in [-0.4, -0.2) is 12.5 Å². The van der Waals surface area contributed by atoms with E-state index in [1.54, 1.807) is 18.2 Å². The highest BCUT2D eigenvalue weighted by molar-refractivity contribution is 9.10. The molecule has 6 heteroatoms. The highest BCUT2D eigenvalue weighted by atomic mass is 79.9. The van der Waals surface area contributed by atoms with Crippen LogP contribution in [0, 0.1) is 5.82 Å². The van der Waals surface area contributed by atoms with Crippen LogP contribution in [0.4, 0.5) is 15.8 Å². The molecule has 0 aliphatic carbocycles. The third-order valence-corrected chi connectivity index (χ3v) is 3.24. The Bertz CT molecular complexity index is 677. The van der Waals surface area contributed by atoms with Crippen LogP contribution in [0.25, 0.3) is 0 Å². The average Bonchev–Trinajstić information content (AvgIpc) is 2.45. The van der Waals surface area contributed by atoms with Gasteiger partial charge < -0.3 is 15.8 Å². The summed E-state index contributed by atoms with van der Waals surface area (Å²) in [5.74, 6) is -0.435. The molecule has 0 saturated carbocycles. The molecule has 0 spiro atoms. The smallest absolute Gasteiger partial charge is 0.255 e. The van der Waals surface area contributed by atoms with Crippen molar-refractivity contribution in [2.45, 2.75) is 6.92 Å². The van der Waals surface area contributed by atoms with Gasteiger partial charge in [0.15, 0.2) is 0 Å². The molecule has 0 atom stereocenters. The number of halogens is 2. The summed E-state index contributed by atoms with van der Waals surface area (Å²) in [6.45, 7) is 2.33. The van der Waals surface area contributed by atoms with E-state index >= 15 is 0 Å². The Kier molecular flexibility index (Phi) is 4.80. The third kappa shape index (κ3) is 3.72. The zero-order valence-corrected chi connectivity index (χ0v) is 12.9. The van der Waals surface area contributed by atoms with E-state index in [0.717, 1.165) is 0 Å². The molecule has 0 fully saturated rings. The summed E-state index contributed by atoms with van der Waals surface area (Å²) >= 11 is 3.23. The molecule has 0 aliphatic rings. The number of nitrogens with two attached hydrogens (primary N) is 1. The standard InChI is InChI=1S/C15H14BrFN2O2/c1-2-21-14-6-3-9(7-12(14)18)15(20)19-13-8-10(16)4-5-11(13)17/h3-8H,2,18H2,1H3,(H,19,20). The minimum Gasteiger partial charge on any atom is -0.492 e. The monoisotopic (exact) mass is 352 g/mol. The molecule has 110 valence electrons. The number of rotatable bonds is 4. The van der Waals surface area contributed by atoms with Crippen molar-refractivity contribution in [1.82, 2.24) is 0 Å². The molecule has 2 aromatic rings. The van der Waals surface area contributed by atoms with Gasteiger partial charge in [-0.05, 0) is 43.3 Å². The third-order valence-electron chi connectivity index (χ3n) is 2.75. The number of benzene rings is 2. The minimum atomic E-state index is -0.509. The topological polar surface area (TPSA) is 64.3 Å². The second-order valence-corrected chi connectivity index (χ2v) is 5.18. The molecule has 21 heavy (non-hydrogen) atoms. The van der Waals surface area contributed by atoms with E-state index in [-0.39, 0.29) is 5.69 Å². The summed E-state index contributed by atoms with van der Waals surface area (Å²) in [6.07, 6.45) is 0. The average molecular weight is 353 g/mol. The maximum absolute atomic E-state index is 13.6. The zero-order valence-electron chi connectivity index (χ0n) is 11.3. The number of anilines is 2. The molecule has 0 bridgehead atoms. The molecule has 0 aliphatic heterocycles. The van der Waals surface area contributed by atoms with Crippen molar-refractivity contribution in [2.24, 2.45) is 0 Å². The fourth-order valence-corrected chi connectivity index (χ4v) is 2.13. The van der Waals surface area contributed by atoms with Gasteiger partial charge in [-0.25, -0.2) is 4.39 Å². The summed E-state index contributed by atoms with van der Waals surface area (Å²) in [4.78, 5) is 12.1. The number of carbonyl (C=O) groups is 1. The number of hydrogen-bond donors (Lipinski definition) is 2. The second-order valence-electron chi connectivity index (χ2n) is 4.26.